The highest BCUT2D eigenvalue weighted by Crippen LogP contribution is 2.24. The number of aryl methyl sites for hydroxylation is 2. The summed E-state index contributed by atoms with van der Waals surface area (Å²) in [6.07, 6.45) is -0.298. The number of carbonyl (C=O) groups is 1. The lowest BCUT2D eigenvalue weighted by atomic mass is 10.1. The van der Waals surface area contributed by atoms with Gasteiger partial charge in [0, 0.05) is 17.4 Å². The second kappa shape index (κ2) is 5.74. The van der Waals surface area contributed by atoms with E-state index in [1.807, 2.05) is 19.1 Å². The Bertz CT molecular complexity index is 707. The third-order valence-corrected chi connectivity index (χ3v) is 4.54. The van der Waals surface area contributed by atoms with Crippen molar-refractivity contribution < 1.29 is 14.6 Å². The fourth-order valence-corrected chi connectivity index (χ4v) is 2.94. The second-order valence-corrected chi connectivity index (χ2v) is 6.10. The van der Waals surface area contributed by atoms with Gasteiger partial charge in [-0.25, -0.2) is 0 Å². The van der Waals surface area contributed by atoms with Crippen molar-refractivity contribution in [1.82, 2.24) is 9.88 Å². The SMILES string of the molecule is Cc1ccc2[nH]c(C(=O)N3CC(CO)OCC3C)cc2c1C. The number of aromatic amines is 1. The number of aromatic nitrogens is 1. The molecule has 1 aromatic carbocycles. The van der Waals surface area contributed by atoms with Crippen molar-refractivity contribution in [3.05, 3.63) is 35.0 Å². The van der Waals surface area contributed by atoms with Crippen molar-refractivity contribution in [2.45, 2.75) is 32.9 Å². The van der Waals surface area contributed by atoms with Crippen molar-refractivity contribution in [3.63, 3.8) is 0 Å². The van der Waals surface area contributed by atoms with Gasteiger partial charge in [-0.1, -0.05) is 6.07 Å². The Labute approximate surface area is 129 Å². The third-order valence-electron chi connectivity index (χ3n) is 4.54. The van der Waals surface area contributed by atoms with E-state index in [0.717, 1.165) is 10.9 Å². The van der Waals surface area contributed by atoms with Crippen LogP contribution in [0.15, 0.2) is 18.2 Å². The maximum absolute atomic E-state index is 12.8. The van der Waals surface area contributed by atoms with E-state index < -0.39 is 0 Å². The minimum absolute atomic E-state index is 0.00421. The van der Waals surface area contributed by atoms with Crippen molar-refractivity contribution in [3.8, 4) is 0 Å². The second-order valence-electron chi connectivity index (χ2n) is 6.10. The predicted octanol–water partition coefficient (Wildman–Crippen LogP) is 2.01. The van der Waals surface area contributed by atoms with Gasteiger partial charge in [0.2, 0.25) is 0 Å². The van der Waals surface area contributed by atoms with Crippen LogP contribution in [-0.2, 0) is 4.74 Å². The molecule has 1 aliphatic rings. The molecule has 0 spiro atoms. The van der Waals surface area contributed by atoms with Crippen LogP contribution in [0, 0.1) is 13.8 Å². The number of fused-ring (bicyclic) bond motifs is 1. The molecule has 118 valence electrons. The molecule has 2 N–H and O–H groups in total. The smallest absolute Gasteiger partial charge is 0.270 e. The fraction of sp³-hybridized carbons (Fsp3) is 0.471. The van der Waals surface area contributed by atoms with Gasteiger partial charge in [0.15, 0.2) is 0 Å². The molecule has 1 amide bonds. The number of hydrogen-bond acceptors (Lipinski definition) is 3. The van der Waals surface area contributed by atoms with Crippen LogP contribution in [0.25, 0.3) is 10.9 Å². The van der Waals surface area contributed by atoms with Crippen LogP contribution in [-0.4, -0.2) is 52.8 Å². The number of nitrogens with zero attached hydrogens (tertiary/aromatic N) is 1. The van der Waals surface area contributed by atoms with Gasteiger partial charge in [0.05, 0.1) is 25.4 Å². The van der Waals surface area contributed by atoms with E-state index in [4.69, 9.17) is 4.74 Å². The van der Waals surface area contributed by atoms with Crippen LogP contribution < -0.4 is 0 Å². The molecule has 2 unspecified atom stereocenters. The summed E-state index contributed by atoms with van der Waals surface area (Å²) in [5.74, 6) is -0.0393. The van der Waals surface area contributed by atoms with Crippen LogP contribution >= 0.6 is 0 Å². The van der Waals surface area contributed by atoms with Gasteiger partial charge >= 0.3 is 0 Å². The summed E-state index contributed by atoms with van der Waals surface area (Å²) in [4.78, 5) is 17.8. The van der Waals surface area contributed by atoms with Gasteiger partial charge in [0.1, 0.15) is 5.69 Å². The lowest BCUT2D eigenvalue weighted by molar-refractivity contribution is -0.0668. The third kappa shape index (κ3) is 2.51. The number of aliphatic hydroxyl groups is 1. The highest BCUT2D eigenvalue weighted by molar-refractivity contribution is 5.99. The van der Waals surface area contributed by atoms with Gasteiger partial charge in [-0.15, -0.1) is 0 Å². The fourth-order valence-electron chi connectivity index (χ4n) is 2.94. The lowest BCUT2D eigenvalue weighted by Crippen LogP contribution is -2.52. The van der Waals surface area contributed by atoms with Gasteiger partial charge in [-0.2, -0.15) is 0 Å². The number of nitrogens with one attached hydrogen (secondary N) is 1. The zero-order chi connectivity index (χ0) is 15.9. The van der Waals surface area contributed by atoms with Gasteiger partial charge in [-0.3, -0.25) is 4.79 Å². The maximum Gasteiger partial charge on any atom is 0.270 e. The van der Waals surface area contributed by atoms with E-state index in [1.54, 1.807) is 4.90 Å². The quantitative estimate of drug-likeness (QED) is 0.892. The normalized spacial score (nSPS) is 22.3. The van der Waals surface area contributed by atoms with E-state index >= 15 is 0 Å². The maximum atomic E-state index is 12.8. The minimum Gasteiger partial charge on any atom is -0.394 e. The Morgan fingerprint density at radius 1 is 1.45 bits per heavy atom. The Morgan fingerprint density at radius 2 is 2.23 bits per heavy atom. The Kier molecular flexibility index (Phi) is 3.93. The number of ether oxygens (including phenoxy) is 1. The summed E-state index contributed by atoms with van der Waals surface area (Å²) < 4.78 is 5.50. The number of rotatable bonds is 2. The first-order valence-corrected chi connectivity index (χ1v) is 7.63. The number of carbonyl (C=O) groups excluding carboxylic acids is 1. The van der Waals surface area contributed by atoms with Crippen LogP contribution in [0.5, 0.6) is 0 Å². The molecule has 1 aromatic heterocycles. The molecule has 2 heterocycles. The van der Waals surface area contributed by atoms with Crippen LogP contribution in [0.2, 0.25) is 0 Å². The van der Waals surface area contributed by atoms with Crippen molar-refractivity contribution in [1.29, 1.82) is 0 Å². The summed E-state index contributed by atoms with van der Waals surface area (Å²) in [5, 5.41) is 10.3. The zero-order valence-electron chi connectivity index (χ0n) is 13.2. The van der Waals surface area contributed by atoms with E-state index in [2.05, 4.69) is 24.9 Å². The molecule has 0 radical (unpaired) electrons. The van der Waals surface area contributed by atoms with E-state index in [9.17, 15) is 9.90 Å². The molecule has 3 rings (SSSR count). The monoisotopic (exact) mass is 302 g/mol. The molecule has 2 atom stereocenters. The number of morpholine rings is 1. The van der Waals surface area contributed by atoms with E-state index in [-0.39, 0.29) is 24.7 Å². The van der Waals surface area contributed by atoms with Gasteiger partial charge < -0.3 is 19.7 Å². The van der Waals surface area contributed by atoms with Crippen LogP contribution in [0.3, 0.4) is 0 Å². The largest absolute Gasteiger partial charge is 0.394 e. The van der Waals surface area contributed by atoms with Gasteiger partial charge in [0.25, 0.3) is 5.91 Å². The molecule has 0 aliphatic carbocycles. The van der Waals surface area contributed by atoms with Crippen molar-refractivity contribution >= 4 is 16.8 Å². The summed E-state index contributed by atoms with van der Waals surface area (Å²) in [6, 6.07) is 6.00. The topological polar surface area (TPSA) is 65.6 Å². The summed E-state index contributed by atoms with van der Waals surface area (Å²) in [6.45, 7) is 6.91. The average molecular weight is 302 g/mol. The molecular weight excluding hydrogens is 280 g/mol. The highest BCUT2D eigenvalue weighted by Gasteiger charge is 2.30. The van der Waals surface area contributed by atoms with Crippen molar-refractivity contribution in [2.24, 2.45) is 0 Å². The summed E-state index contributed by atoms with van der Waals surface area (Å²) in [7, 11) is 0. The molecular formula is C17H22N2O3. The molecule has 1 fully saturated rings. The number of amides is 1. The van der Waals surface area contributed by atoms with Crippen LogP contribution in [0.4, 0.5) is 0 Å². The molecule has 0 saturated carbocycles. The summed E-state index contributed by atoms with van der Waals surface area (Å²) >= 11 is 0. The number of aliphatic hydroxyl groups excluding tert-OH is 1. The molecule has 2 aromatic rings. The molecule has 5 heteroatoms. The summed E-state index contributed by atoms with van der Waals surface area (Å²) in [5.41, 5.74) is 3.97. The Balaban J connectivity index is 1.93. The Hall–Kier alpha value is -1.85. The molecule has 5 nitrogen and oxygen atoms in total. The molecule has 0 bridgehead atoms. The lowest BCUT2D eigenvalue weighted by Gasteiger charge is -2.37. The predicted molar refractivity (Wildman–Crippen MR) is 85.1 cm³/mol. The Morgan fingerprint density at radius 3 is 2.95 bits per heavy atom. The van der Waals surface area contributed by atoms with E-state index in [0.29, 0.717) is 18.8 Å². The number of H-pyrrole nitrogens is 1. The minimum atomic E-state index is -0.298. The zero-order valence-corrected chi connectivity index (χ0v) is 13.2. The molecule has 1 aliphatic heterocycles. The van der Waals surface area contributed by atoms with Crippen molar-refractivity contribution in [2.75, 3.05) is 19.8 Å². The molecule has 22 heavy (non-hydrogen) atoms. The van der Waals surface area contributed by atoms with Gasteiger partial charge in [-0.05, 0) is 44.0 Å². The first-order chi connectivity index (χ1) is 10.5. The number of hydrogen-bond donors (Lipinski definition) is 2. The number of benzene rings is 1. The average Bonchev–Trinajstić information content (AvgIpc) is 2.96. The molecule has 1 saturated heterocycles. The standard InChI is InChI=1S/C17H22N2O3/c1-10-4-5-15-14(12(10)3)6-16(18-15)17(21)19-7-13(8-20)22-9-11(19)2/h4-6,11,13,18,20H,7-9H2,1-3H3. The first kappa shape index (κ1) is 15.1. The van der Waals surface area contributed by atoms with Crippen LogP contribution in [0.1, 0.15) is 28.5 Å². The van der Waals surface area contributed by atoms with E-state index in [1.165, 1.54) is 11.1 Å². The first-order valence-electron chi connectivity index (χ1n) is 7.63. The highest BCUT2D eigenvalue weighted by atomic mass is 16.5.